The largest absolute Gasteiger partial charge is 0.365 e. The zero-order valence-electron chi connectivity index (χ0n) is 9.44. The van der Waals surface area contributed by atoms with E-state index in [0.717, 1.165) is 21.7 Å². The van der Waals surface area contributed by atoms with Gasteiger partial charge in [0, 0.05) is 0 Å². The minimum atomic E-state index is -0.314. The minimum absolute atomic E-state index is 0.314. The first-order valence-corrected chi connectivity index (χ1v) is 5.76. The lowest BCUT2D eigenvalue weighted by Crippen LogP contribution is -1.92. The standard InChI is InChI=1S/C15H9NO2/c17-15-14-12-8-10-4-2-1-3-9(10)7-11(12)5-6-13(14)16-18-15/h1-8,16H. The number of nitrogens with one attached hydrogen (secondary N) is 1. The molecule has 0 aliphatic rings. The smallest absolute Gasteiger partial charge is 0.338 e. The molecule has 1 aromatic heterocycles. The average molecular weight is 235 g/mol. The fraction of sp³-hybridized carbons (Fsp3) is 0. The van der Waals surface area contributed by atoms with Crippen molar-refractivity contribution in [3.05, 3.63) is 59.0 Å². The zero-order valence-corrected chi connectivity index (χ0v) is 9.44. The van der Waals surface area contributed by atoms with E-state index < -0.39 is 0 Å². The molecule has 0 aliphatic heterocycles. The van der Waals surface area contributed by atoms with E-state index in [1.165, 1.54) is 5.39 Å². The molecule has 0 atom stereocenters. The van der Waals surface area contributed by atoms with Crippen LogP contribution >= 0.6 is 0 Å². The second kappa shape index (κ2) is 3.23. The molecule has 0 unspecified atom stereocenters. The van der Waals surface area contributed by atoms with Crippen LogP contribution in [-0.2, 0) is 0 Å². The lowest BCUT2D eigenvalue weighted by atomic mass is 10.0. The van der Waals surface area contributed by atoms with Gasteiger partial charge in [0.2, 0.25) is 0 Å². The van der Waals surface area contributed by atoms with Crippen LogP contribution in [0.25, 0.3) is 32.4 Å². The van der Waals surface area contributed by atoms with Crippen molar-refractivity contribution in [1.29, 1.82) is 0 Å². The summed E-state index contributed by atoms with van der Waals surface area (Å²) in [4.78, 5) is 11.7. The molecule has 0 radical (unpaired) electrons. The van der Waals surface area contributed by atoms with Crippen molar-refractivity contribution in [2.45, 2.75) is 0 Å². The molecule has 3 nitrogen and oxygen atoms in total. The molecular weight excluding hydrogens is 226 g/mol. The Morgan fingerprint density at radius 3 is 2.50 bits per heavy atom. The van der Waals surface area contributed by atoms with E-state index in [4.69, 9.17) is 4.52 Å². The number of aromatic amines is 1. The predicted molar refractivity (Wildman–Crippen MR) is 71.8 cm³/mol. The molecule has 0 bridgehead atoms. The van der Waals surface area contributed by atoms with Crippen molar-refractivity contribution in [3.8, 4) is 0 Å². The Kier molecular flexibility index (Phi) is 1.70. The van der Waals surface area contributed by atoms with Crippen molar-refractivity contribution in [3.63, 3.8) is 0 Å². The maximum Gasteiger partial charge on any atom is 0.365 e. The van der Waals surface area contributed by atoms with Gasteiger partial charge in [-0.25, -0.2) is 9.95 Å². The molecule has 3 aromatic carbocycles. The Morgan fingerprint density at radius 1 is 0.889 bits per heavy atom. The lowest BCUT2D eigenvalue weighted by molar-refractivity contribution is 0.400. The topological polar surface area (TPSA) is 46.0 Å². The number of H-pyrrole nitrogens is 1. The van der Waals surface area contributed by atoms with E-state index in [0.29, 0.717) is 5.39 Å². The van der Waals surface area contributed by atoms with Crippen LogP contribution in [-0.4, -0.2) is 5.16 Å². The third kappa shape index (κ3) is 1.16. The highest BCUT2D eigenvalue weighted by atomic mass is 16.5. The maximum absolute atomic E-state index is 11.7. The van der Waals surface area contributed by atoms with Gasteiger partial charge in [0.05, 0.1) is 10.9 Å². The lowest BCUT2D eigenvalue weighted by Gasteiger charge is -2.02. The predicted octanol–water partition coefficient (Wildman–Crippen LogP) is 3.43. The Morgan fingerprint density at radius 2 is 1.67 bits per heavy atom. The summed E-state index contributed by atoms with van der Waals surface area (Å²) in [7, 11) is 0. The number of aromatic nitrogens is 1. The van der Waals surface area contributed by atoms with Crippen molar-refractivity contribution in [1.82, 2.24) is 5.16 Å². The molecule has 0 aliphatic carbocycles. The van der Waals surface area contributed by atoms with E-state index in [-0.39, 0.29) is 5.63 Å². The molecule has 1 heterocycles. The van der Waals surface area contributed by atoms with E-state index >= 15 is 0 Å². The SMILES string of the molecule is O=c1o[nH]c2ccc3cc4ccccc4cc3c12. The number of benzene rings is 3. The molecule has 4 aromatic rings. The quantitative estimate of drug-likeness (QED) is 0.474. The minimum Gasteiger partial charge on any atom is -0.338 e. The van der Waals surface area contributed by atoms with E-state index in [9.17, 15) is 4.79 Å². The van der Waals surface area contributed by atoms with Crippen LogP contribution in [0.5, 0.6) is 0 Å². The summed E-state index contributed by atoms with van der Waals surface area (Å²) in [6.45, 7) is 0. The molecule has 0 amide bonds. The normalized spacial score (nSPS) is 11.6. The van der Waals surface area contributed by atoms with Crippen LogP contribution in [0, 0.1) is 0 Å². The summed E-state index contributed by atoms with van der Waals surface area (Å²) in [5.41, 5.74) is 0.425. The number of fused-ring (bicyclic) bond motifs is 4. The molecule has 0 saturated heterocycles. The van der Waals surface area contributed by atoms with Crippen LogP contribution in [0.1, 0.15) is 0 Å². The zero-order chi connectivity index (χ0) is 12.1. The van der Waals surface area contributed by atoms with Gasteiger partial charge in [0.15, 0.2) is 0 Å². The van der Waals surface area contributed by atoms with Gasteiger partial charge in [0.1, 0.15) is 0 Å². The first-order valence-electron chi connectivity index (χ1n) is 5.76. The van der Waals surface area contributed by atoms with Crippen LogP contribution in [0.4, 0.5) is 0 Å². The van der Waals surface area contributed by atoms with Gasteiger partial charge < -0.3 is 4.52 Å². The fourth-order valence-corrected chi connectivity index (χ4v) is 2.47. The Balaban J connectivity index is 2.33. The molecule has 18 heavy (non-hydrogen) atoms. The maximum atomic E-state index is 11.7. The molecule has 3 heteroatoms. The van der Waals surface area contributed by atoms with Gasteiger partial charge in [-0.1, -0.05) is 30.3 Å². The molecule has 0 saturated carbocycles. The summed E-state index contributed by atoms with van der Waals surface area (Å²) in [6.07, 6.45) is 0. The van der Waals surface area contributed by atoms with E-state index in [1.807, 2.05) is 36.4 Å². The first kappa shape index (κ1) is 9.48. The first-order chi connectivity index (χ1) is 8.83. The highest BCUT2D eigenvalue weighted by Crippen LogP contribution is 2.27. The summed E-state index contributed by atoms with van der Waals surface area (Å²) >= 11 is 0. The molecule has 0 fully saturated rings. The Hall–Kier alpha value is -2.55. The average Bonchev–Trinajstić information content (AvgIpc) is 2.78. The van der Waals surface area contributed by atoms with Gasteiger partial charge in [-0.3, -0.25) is 0 Å². The highest BCUT2D eigenvalue weighted by Gasteiger charge is 2.08. The van der Waals surface area contributed by atoms with Crippen LogP contribution < -0.4 is 5.63 Å². The van der Waals surface area contributed by atoms with Crippen molar-refractivity contribution >= 4 is 32.4 Å². The third-order valence-electron chi connectivity index (χ3n) is 3.34. The third-order valence-corrected chi connectivity index (χ3v) is 3.34. The van der Waals surface area contributed by atoms with Crippen molar-refractivity contribution in [2.75, 3.05) is 0 Å². The summed E-state index contributed by atoms with van der Waals surface area (Å²) in [6, 6.07) is 16.1. The number of rotatable bonds is 0. The number of hydrogen-bond acceptors (Lipinski definition) is 2. The Labute approximate surface area is 102 Å². The van der Waals surface area contributed by atoms with Crippen LogP contribution in [0.15, 0.2) is 57.8 Å². The molecule has 0 spiro atoms. The monoisotopic (exact) mass is 235 g/mol. The Bertz CT molecular complexity index is 947. The van der Waals surface area contributed by atoms with E-state index in [2.05, 4.69) is 17.3 Å². The molecule has 86 valence electrons. The number of hydrogen-bond donors (Lipinski definition) is 1. The van der Waals surface area contributed by atoms with Crippen molar-refractivity contribution < 1.29 is 4.52 Å². The molecule has 1 N–H and O–H groups in total. The van der Waals surface area contributed by atoms with E-state index in [1.54, 1.807) is 0 Å². The summed E-state index contributed by atoms with van der Waals surface area (Å²) < 4.78 is 4.85. The van der Waals surface area contributed by atoms with Crippen LogP contribution in [0.3, 0.4) is 0 Å². The molecule has 4 rings (SSSR count). The summed E-state index contributed by atoms with van der Waals surface area (Å²) in [5.74, 6) is 0. The molecular formula is C15H9NO2. The van der Waals surface area contributed by atoms with Gasteiger partial charge >= 0.3 is 5.63 Å². The van der Waals surface area contributed by atoms with Gasteiger partial charge in [-0.2, -0.15) is 0 Å². The van der Waals surface area contributed by atoms with Crippen molar-refractivity contribution in [2.24, 2.45) is 0 Å². The highest BCUT2D eigenvalue weighted by molar-refractivity contribution is 6.10. The van der Waals surface area contributed by atoms with Gasteiger partial charge in [-0.15, -0.1) is 0 Å². The van der Waals surface area contributed by atoms with Crippen LogP contribution in [0.2, 0.25) is 0 Å². The second-order valence-corrected chi connectivity index (χ2v) is 4.40. The van der Waals surface area contributed by atoms with Gasteiger partial charge in [-0.05, 0) is 39.7 Å². The fourth-order valence-electron chi connectivity index (χ4n) is 2.47. The summed E-state index contributed by atoms with van der Waals surface area (Å²) in [5, 5.41) is 7.54. The second-order valence-electron chi connectivity index (χ2n) is 4.40. The van der Waals surface area contributed by atoms with Gasteiger partial charge in [0.25, 0.3) is 0 Å².